The molecule has 9 nitrogen and oxygen atoms in total. The highest BCUT2D eigenvalue weighted by atomic mass is 32.2. The number of methoxy groups -OCH3 is 1. The highest BCUT2D eigenvalue weighted by molar-refractivity contribution is 7.89. The van der Waals surface area contributed by atoms with E-state index in [1.165, 1.54) is 17.5 Å². The zero-order valence-electron chi connectivity index (χ0n) is 18.0. The average Bonchev–Trinajstić information content (AvgIpc) is 3.32. The zero-order chi connectivity index (χ0) is 21.8. The molecule has 1 amide bonds. The van der Waals surface area contributed by atoms with Gasteiger partial charge in [-0.1, -0.05) is 0 Å². The minimum atomic E-state index is -3.78. The molecule has 3 saturated heterocycles. The summed E-state index contributed by atoms with van der Waals surface area (Å²) in [6.45, 7) is 5.86. The number of benzene rings is 1. The summed E-state index contributed by atoms with van der Waals surface area (Å²) in [6, 6.07) is 4.65. The van der Waals surface area contributed by atoms with Gasteiger partial charge in [0.25, 0.3) is 5.91 Å². The number of carbonyl (C=O) groups is 1. The van der Waals surface area contributed by atoms with Crippen LogP contribution < -0.4 is 4.74 Å². The van der Waals surface area contributed by atoms with Gasteiger partial charge in [-0.3, -0.25) is 9.69 Å². The number of amides is 1. The highest BCUT2D eigenvalue weighted by Gasteiger charge is 2.31. The largest absolute Gasteiger partial charge is 0.495 e. The summed E-state index contributed by atoms with van der Waals surface area (Å²) in [5.74, 6) is 0.0854. The Balaban J connectivity index is 1.45. The second kappa shape index (κ2) is 9.83. The maximum atomic E-state index is 13.2. The van der Waals surface area contributed by atoms with Crippen LogP contribution in [0.2, 0.25) is 0 Å². The van der Waals surface area contributed by atoms with Gasteiger partial charge in [0.15, 0.2) is 0 Å². The first-order chi connectivity index (χ1) is 15.0. The smallest absolute Gasteiger partial charge is 0.253 e. The van der Waals surface area contributed by atoms with E-state index in [0.717, 1.165) is 39.1 Å². The first-order valence-corrected chi connectivity index (χ1v) is 12.3. The van der Waals surface area contributed by atoms with Crippen molar-refractivity contribution in [3.63, 3.8) is 0 Å². The molecule has 31 heavy (non-hydrogen) atoms. The van der Waals surface area contributed by atoms with Crippen molar-refractivity contribution in [1.82, 2.24) is 14.1 Å². The number of ether oxygens (including phenoxy) is 3. The fraction of sp³-hybridized carbons (Fsp3) is 0.667. The van der Waals surface area contributed by atoms with Crippen LogP contribution in [0.4, 0.5) is 0 Å². The van der Waals surface area contributed by atoms with E-state index >= 15 is 0 Å². The zero-order valence-corrected chi connectivity index (χ0v) is 18.8. The van der Waals surface area contributed by atoms with Crippen LogP contribution in [0.5, 0.6) is 5.75 Å². The van der Waals surface area contributed by atoms with Crippen molar-refractivity contribution in [3.05, 3.63) is 23.8 Å². The molecule has 0 spiro atoms. The van der Waals surface area contributed by atoms with Crippen LogP contribution in [0.15, 0.2) is 23.1 Å². The molecule has 1 aromatic carbocycles. The lowest BCUT2D eigenvalue weighted by Gasteiger charge is -2.35. The van der Waals surface area contributed by atoms with Gasteiger partial charge in [-0.2, -0.15) is 4.31 Å². The third-order valence-electron chi connectivity index (χ3n) is 6.14. The molecule has 0 aromatic heterocycles. The first kappa shape index (κ1) is 22.5. The molecular formula is C21H31N3O6S. The minimum Gasteiger partial charge on any atom is -0.495 e. The van der Waals surface area contributed by atoms with Gasteiger partial charge >= 0.3 is 0 Å². The van der Waals surface area contributed by atoms with E-state index in [2.05, 4.69) is 4.90 Å². The van der Waals surface area contributed by atoms with E-state index in [1.807, 2.05) is 0 Å². The Morgan fingerprint density at radius 1 is 1.10 bits per heavy atom. The Morgan fingerprint density at radius 2 is 1.84 bits per heavy atom. The fourth-order valence-corrected chi connectivity index (χ4v) is 5.92. The van der Waals surface area contributed by atoms with Crippen LogP contribution in [0.1, 0.15) is 23.2 Å². The molecule has 3 fully saturated rings. The van der Waals surface area contributed by atoms with E-state index in [1.54, 1.807) is 17.0 Å². The molecule has 0 radical (unpaired) electrons. The molecule has 3 aliphatic heterocycles. The average molecular weight is 454 g/mol. The molecular weight excluding hydrogens is 422 g/mol. The Kier molecular flexibility index (Phi) is 7.12. The maximum absolute atomic E-state index is 13.2. The summed E-state index contributed by atoms with van der Waals surface area (Å²) >= 11 is 0. The van der Waals surface area contributed by atoms with Gasteiger partial charge in [0.2, 0.25) is 10.0 Å². The van der Waals surface area contributed by atoms with Crippen molar-refractivity contribution in [2.24, 2.45) is 0 Å². The monoisotopic (exact) mass is 453 g/mol. The lowest BCUT2D eigenvalue weighted by atomic mass is 10.1. The summed E-state index contributed by atoms with van der Waals surface area (Å²) in [7, 11) is -2.35. The normalized spacial score (nSPS) is 23.8. The van der Waals surface area contributed by atoms with Gasteiger partial charge in [0.05, 0.1) is 26.4 Å². The van der Waals surface area contributed by atoms with E-state index in [9.17, 15) is 13.2 Å². The molecule has 172 valence electrons. The molecule has 1 aromatic rings. The molecule has 0 saturated carbocycles. The van der Waals surface area contributed by atoms with Gasteiger partial charge < -0.3 is 19.1 Å². The number of nitrogens with zero attached hydrogens (tertiary/aromatic N) is 3. The molecule has 3 aliphatic rings. The summed E-state index contributed by atoms with van der Waals surface area (Å²) in [5.41, 5.74) is 0.361. The molecule has 0 bridgehead atoms. The van der Waals surface area contributed by atoms with Crippen molar-refractivity contribution in [1.29, 1.82) is 0 Å². The van der Waals surface area contributed by atoms with Crippen LogP contribution in [-0.2, 0) is 19.5 Å². The lowest BCUT2D eigenvalue weighted by Crippen LogP contribution is -2.50. The number of rotatable bonds is 6. The van der Waals surface area contributed by atoms with Gasteiger partial charge in [-0.05, 0) is 31.0 Å². The molecule has 0 unspecified atom stereocenters. The standard InChI is InChI=1S/C21H31N3O6S/c1-28-19-5-4-17(15-20(19)31(26,27)24-10-13-29-14-11-24)21(25)23-8-6-22(7-9-23)16-18-3-2-12-30-18/h4-5,15,18H,2-3,6-14,16H2,1H3/t18-/m0/s1. The number of hydrogen-bond acceptors (Lipinski definition) is 7. The van der Waals surface area contributed by atoms with Crippen LogP contribution in [0.25, 0.3) is 0 Å². The predicted molar refractivity (Wildman–Crippen MR) is 114 cm³/mol. The lowest BCUT2D eigenvalue weighted by molar-refractivity contribution is 0.0432. The number of sulfonamides is 1. The SMILES string of the molecule is COc1ccc(C(=O)N2CCN(C[C@@H]3CCCO3)CC2)cc1S(=O)(=O)N1CCOCC1. The van der Waals surface area contributed by atoms with Crippen LogP contribution in [-0.4, -0.2) is 107 Å². The van der Waals surface area contributed by atoms with Crippen molar-refractivity contribution in [3.8, 4) is 5.75 Å². The maximum Gasteiger partial charge on any atom is 0.253 e. The van der Waals surface area contributed by atoms with Crippen molar-refractivity contribution >= 4 is 15.9 Å². The second-order valence-electron chi connectivity index (χ2n) is 8.11. The second-order valence-corrected chi connectivity index (χ2v) is 10.0. The molecule has 0 N–H and O–H groups in total. The Labute approximate surface area is 183 Å². The predicted octanol–water partition coefficient (Wildman–Crippen LogP) is 0.653. The summed E-state index contributed by atoms with van der Waals surface area (Å²) < 4.78 is 44.0. The van der Waals surface area contributed by atoms with Crippen molar-refractivity contribution in [2.75, 3.05) is 72.7 Å². The van der Waals surface area contributed by atoms with E-state index in [4.69, 9.17) is 14.2 Å². The number of hydrogen-bond donors (Lipinski definition) is 0. The van der Waals surface area contributed by atoms with Crippen molar-refractivity contribution < 1.29 is 27.4 Å². The molecule has 3 heterocycles. The summed E-state index contributed by atoms with van der Waals surface area (Å²) in [4.78, 5) is 17.3. The number of morpholine rings is 1. The molecule has 0 aliphatic carbocycles. The number of piperazine rings is 1. The van der Waals surface area contributed by atoms with Crippen molar-refractivity contribution in [2.45, 2.75) is 23.8 Å². The third-order valence-corrected chi connectivity index (χ3v) is 8.06. The first-order valence-electron chi connectivity index (χ1n) is 10.9. The molecule has 10 heteroatoms. The molecule has 1 atom stereocenters. The van der Waals surface area contributed by atoms with E-state index in [0.29, 0.717) is 38.0 Å². The fourth-order valence-electron chi connectivity index (χ4n) is 4.33. The summed E-state index contributed by atoms with van der Waals surface area (Å²) in [6.07, 6.45) is 2.53. The van der Waals surface area contributed by atoms with Crippen LogP contribution in [0.3, 0.4) is 0 Å². The quantitative estimate of drug-likeness (QED) is 0.625. The van der Waals surface area contributed by atoms with E-state index < -0.39 is 10.0 Å². The third kappa shape index (κ3) is 5.04. The van der Waals surface area contributed by atoms with Gasteiger partial charge in [0.1, 0.15) is 10.6 Å². The highest BCUT2D eigenvalue weighted by Crippen LogP contribution is 2.29. The molecule has 4 rings (SSSR count). The van der Waals surface area contributed by atoms with Gasteiger partial charge in [-0.25, -0.2) is 8.42 Å². The summed E-state index contributed by atoms with van der Waals surface area (Å²) in [5, 5.41) is 0. The number of carbonyl (C=O) groups excluding carboxylic acids is 1. The van der Waals surface area contributed by atoms with Gasteiger partial charge in [-0.15, -0.1) is 0 Å². The Bertz CT molecular complexity index is 873. The topological polar surface area (TPSA) is 88.6 Å². The Morgan fingerprint density at radius 3 is 2.48 bits per heavy atom. The Hall–Kier alpha value is -1.72. The van der Waals surface area contributed by atoms with E-state index in [-0.39, 0.29) is 29.6 Å². The minimum absolute atomic E-state index is 0.0276. The van der Waals surface area contributed by atoms with Gasteiger partial charge in [0, 0.05) is 58.0 Å². The van der Waals surface area contributed by atoms with Crippen LogP contribution in [0, 0.1) is 0 Å². The van der Waals surface area contributed by atoms with Crippen LogP contribution >= 0.6 is 0 Å².